The van der Waals surface area contributed by atoms with Crippen LogP contribution in [0, 0.1) is 12.8 Å². The van der Waals surface area contributed by atoms with E-state index < -0.39 is 0 Å². The van der Waals surface area contributed by atoms with Crippen molar-refractivity contribution in [1.29, 1.82) is 0 Å². The van der Waals surface area contributed by atoms with Gasteiger partial charge >= 0.3 is 5.69 Å². The first kappa shape index (κ1) is 17.8. The minimum atomic E-state index is -0.132. The van der Waals surface area contributed by atoms with E-state index in [1.165, 1.54) is 10.2 Å². The molecule has 1 aromatic carbocycles. The minimum Gasteiger partial charge on any atom is -0.490 e. The molecule has 2 aromatic rings. The molecule has 144 valence electrons. The van der Waals surface area contributed by atoms with Crippen LogP contribution in [0.1, 0.15) is 30.7 Å². The van der Waals surface area contributed by atoms with Gasteiger partial charge in [0.05, 0.1) is 5.92 Å². The van der Waals surface area contributed by atoms with Crippen molar-refractivity contribution in [2.45, 2.75) is 45.3 Å². The van der Waals surface area contributed by atoms with Crippen molar-refractivity contribution in [1.82, 2.24) is 19.2 Å². The van der Waals surface area contributed by atoms with Gasteiger partial charge in [0.25, 0.3) is 0 Å². The molecule has 1 aromatic heterocycles. The van der Waals surface area contributed by atoms with Crippen molar-refractivity contribution in [3.8, 4) is 5.75 Å². The van der Waals surface area contributed by atoms with Crippen LogP contribution < -0.4 is 10.4 Å². The largest absolute Gasteiger partial charge is 0.490 e. The molecule has 1 saturated heterocycles. The molecule has 0 spiro atoms. The van der Waals surface area contributed by atoms with Gasteiger partial charge in [-0.3, -0.25) is 9.36 Å². The average Bonchev–Trinajstić information content (AvgIpc) is 2.97. The molecular weight excluding hydrogens is 344 g/mol. The summed E-state index contributed by atoms with van der Waals surface area (Å²) in [6.07, 6.45) is 3.26. The Hall–Kier alpha value is -2.57. The topological polar surface area (TPSA) is 69.4 Å². The first-order valence-corrected chi connectivity index (χ1v) is 9.66. The molecule has 7 nitrogen and oxygen atoms in total. The standard InChI is InChI=1S/C20H26N4O3/c1-14-3-6-16(7-4-14)27-17-9-11-23(12-10-17)19(25)15-5-8-18-21-22(2)20(26)24(18)13-15/h3-4,6-7,15,17H,5,8-13H2,1-2H3/t15-/m0/s1. The average molecular weight is 370 g/mol. The Morgan fingerprint density at radius 3 is 2.56 bits per heavy atom. The lowest BCUT2D eigenvalue weighted by Gasteiger charge is -2.35. The van der Waals surface area contributed by atoms with Crippen molar-refractivity contribution < 1.29 is 9.53 Å². The Morgan fingerprint density at radius 1 is 1.15 bits per heavy atom. The lowest BCUT2D eigenvalue weighted by molar-refractivity contribution is -0.138. The number of aryl methyl sites for hydroxylation is 3. The molecule has 0 aliphatic carbocycles. The zero-order chi connectivity index (χ0) is 19.0. The van der Waals surface area contributed by atoms with E-state index >= 15 is 0 Å². The van der Waals surface area contributed by atoms with Gasteiger partial charge in [-0.05, 0) is 25.5 Å². The quantitative estimate of drug-likeness (QED) is 0.822. The third-order valence-corrected chi connectivity index (χ3v) is 5.63. The van der Waals surface area contributed by atoms with Crippen molar-refractivity contribution in [3.63, 3.8) is 0 Å². The van der Waals surface area contributed by atoms with E-state index in [1.807, 2.05) is 29.2 Å². The number of rotatable bonds is 3. The summed E-state index contributed by atoms with van der Waals surface area (Å²) < 4.78 is 9.06. The van der Waals surface area contributed by atoms with E-state index in [0.29, 0.717) is 26.1 Å². The molecule has 0 saturated carbocycles. The maximum atomic E-state index is 12.9. The second-order valence-electron chi connectivity index (χ2n) is 7.62. The smallest absolute Gasteiger partial charge is 0.345 e. The van der Waals surface area contributed by atoms with Crippen LogP contribution in [0.2, 0.25) is 0 Å². The molecule has 0 N–H and O–H groups in total. The van der Waals surface area contributed by atoms with Gasteiger partial charge in [-0.2, -0.15) is 5.10 Å². The molecule has 7 heteroatoms. The normalized spacial score (nSPS) is 20.4. The Bertz CT molecular complexity index is 876. The molecule has 2 aliphatic rings. The highest BCUT2D eigenvalue weighted by Gasteiger charge is 2.32. The summed E-state index contributed by atoms with van der Waals surface area (Å²) in [5.41, 5.74) is 1.08. The number of carbonyl (C=O) groups excluding carboxylic acids is 1. The lowest BCUT2D eigenvalue weighted by atomic mass is 9.96. The van der Waals surface area contributed by atoms with Crippen LogP contribution in [0.4, 0.5) is 0 Å². The number of hydrogen-bond acceptors (Lipinski definition) is 4. The molecule has 1 atom stereocenters. The van der Waals surface area contributed by atoms with Gasteiger partial charge < -0.3 is 9.64 Å². The van der Waals surface area contributed by atoms with E-state index in [1.54, 1.807) is 11.6 Å². The number of ether oxygens (including phenoxy) is 1. The monoisotopic (exact) mass is 370 g/mol. The predicted octanol–water partition coefficient (Wildman–Crippen LogP) is 1.52. The van der Waals surface area contributed by atoms with Crippen LogP contribution in [0.5, 0.6) is 5.75 Å². The summed E-state index contributed by atoms with van der Waals surface area (Å²) in [5, 5.41) is 4.24. The maximum absolute atomic E-state index is 12.9. The molecule has 2 aliphatic heterocycles. The second kappa shape index (κ2) is 7.21. The number of amides is 1. The fourth-order valence-corrected chi connectivity index (χ4v) is 4.00. The maximum Gasteiger partial charge on any atom is 0.345 e. The van der Waals surface area contributed by atoms with Gasteiger partial charge in [0, 0.05) is 45.9 Å². The van der Waals surface area contributed by atoms with Crippen LogP contribution >= 0.6 is 0 Å². The fraction of sp³-hybridized carbons (Fsp3) is 0.550. The number of benzene rings is 1. The highest BCUT2D eigenvalue weighted by atomic mass is 16.5. The summed E-state index contributed by atoms with van der Waals surface area (Å²) >= 11 is 0. The van der Waals surface area contributed by atoms with Gasteiger partial charge in [-0.25, -0.2) is 9.48 Å². The molecule has 1 amide bonds. The number of fused-ring (bicyclic) bond motifs is 1. The number of piperidine rings is 1. The molecule has 0 bridgehead atoms. The van der Waals surface area contributed by atoms with Crippen molar-refractivity contribution in [3.05, 3.63) is 46.1 Å². The fourth-order valence-electron chi connectivity index (χ4n) is 4.00. The number of hydrogen-bond donors (Lipinski definition) is 0. The molecule has 1 fully saturated rings. The van der Waals surface area contributed by atoms with Crippen molar-refractivity contribution >= 4 is 5.91 Å². The summed E-state index contributed by atoms with van der Waals surface area (Å²) in [6, 6.07) is 8.09. The Kier molecular flexibility index (Phi) is 4.76. The van der Waals surface area contributed by atoms with Gasteiger partial charge in [-0.15, -0.1) is 0 Å². The summed E-state index contributed by atoms with van der Waals surface area (Å²) in [4.78, 5) is 27.0. The van der Waals surface area contributed by atoms with Crippen LogP contribution in [0.15, 0.2) is 29.1 Å². The van der Waals surface area contributed by atoms with Crippen LogP contribution in [-0.2, 0) is 24.8 Å². The van der Waals surface area contributed by atoms with E-state index in [2.05, 4.69) is 12.0 Å². The zero-order valence-corrected chi connectivity index (χ0v) is 15.9. The van der Waals surface area contributed by atoms with E-state index in [0.717, 1.165) is 30.8 Å². The Labute approximate surface area is 158 Å². The first-order chi connectivity index (χ1) is 13.0. The lowest BCUT2D eigenvalue weighted by Crippen LogP contribution is -2.46. The predicted molar refractivity (Wildman–Crippen MR) is 101 cm³/mol. The Balaban J connectivity index is 1.33. The highest BCUT2D eigenvalue weighted by molar-refractivity contribution is 5.79. The molecule has 0 radical (unpaired) electrons. The van der Waals surface area contributed by atoms with Gasteiger partial charge in [-0.1, -0.05) is 17.7 Å². The minimum absolute atomic E-state index is 0.131. The van der Waals surface area contributed by atoms with Crippen LogP contribution in [-0.4, -0.2) is 44.3 Å². The van der Waals surface area contributed by atoms with Crippen molar-refractivity contribution in [2.75, 3.05) is 13.1 Å². The number of carbonyl (C=O) groups is 1. The third kappa shape index (κ3) is 3.63. The molecule has 4 rings (SSSR count). The SMILES string of the molecule is Cc1ccc(OC2CCN(C(=O)[C@H]3CCc4nn(C)c(=O)n4C3)CC2)cc1. The van der Waals surface area contributed by atoms with Crippen LogP contribution in [0.3, 0.4) is 0 Å². The molecule has 27 heavy (non-hydrogen) atoms. The molecule has 3 heterocycles. The zero-order valence-electron chi connectivity index (χ0n) is 15.9. The van der Waals surface area contributed by atoms with Crippen molar-refractivity contribution in [2.24, 2.45) is 13.0 Å². The number of nitrogens with zero attached hydrogens (tertiary/aromatic N) is 4. The number of aromatic nitrogens is 3. The molecule has 0 unspecified atom stereocenters. The first-order valence-electron chi connectivity index (χ1n) is 9.66. The molecular formula is C20H26N4O3. The van der Waals surface area contributed by atoms with Gasteiger partial charge in [0.15, 0.2) is 0 Å². The summed E-state index contributed by atoms with van der Waals surface area (Å²) in [7, 11) is 1.66. The van der Waals surface area contributed by atoms with Crippen LogP contribution in [0.25, 0.3) is 0 Å². The van der Waals surface area contributed by atoms with E-state index in [-0.39, 0.29) is 23.6 Å². The van der Waals surface area contributed by atoms with Gasteiger partial charge in [0.1, 0.15) is 17.7 Å². The highest BCUT2D eigenvalue weighted by Crippen LogP contribution is 2.23. The Morgan fingerprint density at radius 2 is 1.85 bits per heavy atom. The van der Waals surface area contributed by atoms with E-state index in [4.69, 9.17) is 4.74 Å². The third-order valence-electron chi connectivity index (χ3n) is 5.63. The summed E-state index contributed by atoms with van der Waals surface area (Å²) in [6.45, 7) is 3.92. The van der Waals surface area contributed by atoms with Gasteiger partial charge in [0.2, 0.25) is 5.91 Å². The second-order valence-corrected chi connectivity index (χ2v) is 7.62. The summed E-state index contributed by atoms with van der Waals surface area (Å²) in [5.74, 6) is 1.71. The number of likely N-dealkylation sites (tertiary alicyclic amines) is 1. The van der Waals surface area contributed by atoms with E-state index in [9.17, 15) is 9.59 Å².